The lowest BCUT2D eigenvalue weighted by Gasteiger charge is -2.13. The first-order valence-corrected chi connectivity index (χ1v) is 10.6. The van der Waals surface area contributed by atoms with Crippen LogP contribution in [0.25, 0.3) is 22.2 Å². The number of hydrogen-bond donors (Lipinski definition) is 1. The Morgan fingerprint density at radius 3 is 2.42 bits per heavy atom. The molecule has 2 aliphatic rings. The third-order valence-corrected chi connectivity index (χ3v) is 5.59. The van der Waals surface area contributed by atoms with Crippen molar-refractivity contribution in [1.82, 2.24) is 19.7 Å². The Labute approximate surface area is 189 Å². The zero-order valence-electron chi connectivity index (χ0n) is 17.7. The Balaban J connectivity index is 1.45. The van der Waals surface area contributed by atoms with Gasteiger partial charge >= 0.3 is 0 Å². The Kier molecular flexibility index (Phi) is 5.44. The predicted octanol–water partition coefficient (Wildman–Crippen LogP) is 3.81. The SMILES string of the molecule is O=C(Cn1nc2c3ccccc3n(Cc3ccccc3)cc-2c1=O)NCc1ccc(F)cc1. The maximum Gasteiger partial charge on any atom is 0.278 e. The van der Waals surface area contributed by atoms with Gasteiger partial charge in [-0.15, -0.1) is 0 Å². The van der Waals surface area contributed by atoms with Crippen LogP contribution < -0.4 is 10.9 Å². The molecule has 2 heterocycles. The fourth-order valence-electron chi connectivity index (χ4n) is 3.94. The molecule has 1 amide bonds. The van der Waals surface area contributed by atoms with Crippen LogP contribution in [0.3, 0.4) is 0 Å². The molecule has 0 saturated carbocycles. The van der Waals surface area contributed by atoms with E-state index in [4.69, 9.17) is 0 Å². The Morgan fingerprint density at radius 2 is 1.64 bits per heavy atom. The van der Waals surface area contributed by atoms with Crippen LogP contribution in [0.1, 0.15) is 11.1 Å². The fraction of sp³-hybridized carbons (Fsp3) is 0.115. The van der Waals surface area contributed by atoms with E-state index in [-0.39, 0.29) is 30.4 Å². The molecule has 0 atom stereocenters. The molecule has 3 aromatic rings. The molecule has 2 aliphatic heterocycles. The highest BCUT2D eigenvalue weighted by Gasteiger charge is 2.21. The molecule has 164 valence electrons. The first-order chi connectivity index (χ1) is 16.1. The highest BCUT2D eigenvalue weighted by Crippen LogP contribution is 2.27. The zero-order valence-corrected chi connectivity index (χ0v) is 17.7. The second-order valence-corrected chi connectivity index (χ2v) is 7.89. The maximum atomic E-state index is 13.1. The lowest BCUT2D eigenvalue weighted by molar-refractivity contribution is -0.122. The Morgan fingerprint density at radius 1 is 0.909 bits per heavy atom. The Bertz CT molecular complexity index is 1460. The molecule has 0 radical (unpaired) electrons. The van der Waals surface area contributed by atoms with Gasteiger partial charge in [-0.1, -0.05) is 60.7 Å². The molecule has 0 fully saturated rings. The molecule has 0 spiro atoms. The maximum absolute atomic E-state index is 13.1. The van der Waals surface area contributed by atoms with Crippen LogP contribution in [0.2, 0.25) is 0 Å². The van der Waals surface area contributed by atoms with Gasteiger partial charge in [-0.3, -0.25) is 9.59 Å². The third kappa shape index (κ3) is 4.25. The number of hydrogen-bond acceptors (Lipinski definition) is 3. The highest BCUT2D eigenvalue weighted by molar-refractivity contribution is 5.93. The van der Waals surface area contributed by atoms with Crippen molar-refractivity contribution in [1.29, 1.82) is 0 Å². The van der Waals surface area contributed by atoms with Gasteiger partial charge in [-0.05, 0) is 29.3 Å². The summed E-state index contributed by atoms with van der Waals surface area (Å²) in [5.74, 6) is -0.674. The number of para-hydroxylation sites is 1. The average Bonchev–Trinajstić information content (AvgIpc) is 3.15. The lowest BCUT2D eigenvalue weighted by Crippen LogP contribution is -2.31. The van der Waals surface area contributed by atoms with E-state index >= 15 is 0 Å². The van der Waals surface area contributed by atoms with E-state index in [1.807, 2.05) is 65.4 Å². The van der Waals surface area contributed by atoms with E-state index in [1.54, 1.807) is 12.1 Å². The van der Waals surface area contributed by atoms with Gasteiger partial charge in [0, 0.05) is 24.7 Å². The van der Waals surface area contributed by atoms with Crippen molar-refractivity contribution in [3.8, 4) is 11.3 Å². The number of fused-ring (bicyclic) bond motifs is 3. The van der Waals surface area contributed by atoms with Gasteiger partial charge in [0.05, 0.1) is 11.1 Å². The molecule has 1 N–H and O–H groups in total. The summed E-state index contributed by atoms with van der Waals surface area (Å²) in [5, 5.41) is 8.08. The molecular formula is C26H21FN4O2. The van der Waals surface area contributed by atoms with Crippen LogP contribution in [0.15, 0.2) is 89.9 Å². The quantitative estimate of drug-likeness (QED) is 0.437. The van der Waals surface area contributed by atoms with Gasteiger partial charge in [0.1, 0.15) is 18.1 Å². The number of pyridine rings is 1. The molecule has 33 heavy (non-hydrogen) atoms. The van der Waals surface area contributed by atoms with Crippen molar-refractivity contribution in [3.63, 3.8) is 0 Å². The molecule has 0 aliphatic carbocycles. The summed E-state index contributed by atoms with van der Waals surface area (Å²) in [6, 6.07) is 23.7. The van der Waals surface area contributed by atoms with Crippen LogP contribution in [0.5, 0.6) is 0 Å². The van der Waals surface area contributed by atoms with Crippen LogP contribution >= 0.6 is 0 Å². The van der Waals surface area contributed by atoms with Crippen molar-refractivity contribution < 1.29 is 9.18 Å². The van der Waals surface area contributed by atoms with Crippen molar-refractivity contribution in [2.24, 2.45) is 0 Å². The summed E-state index contributed by atoms with van der Waals surface area (Å²) in [4.78, 5) is 25.6. The van der Waals surface area contributed by atoms with E-state index < -0.39 is 0 Å². The van der Waals surface area contributed by atoms with Gasteiger partial charge in [0.2, 0.25) is 5.91 Å². The topological polar surface area (TPSA) is 68.9 Å². The summed E-state index contributed by atoms with van der Waals surface area (Å²) < 4.78 is 16.3. The Hall–Kier alpha value is -4.26. The van der Waals surface area contributed by atoms with E-state index in [9.17, 15) is 14.0 Å². The third-order valence-electron chi connectivity index (χ3n) is 5.59. The number of nitrogens with one attached hydrogen (secondary N) is 1. The molecular weight excluding hydrogens is 419 g/mol. The van der Waals surface area contributed by atoms with Gasteiger partial charge in [-0.2, -0.15) is 5.10 Å². The van der Waals surface area contributed by atoms with E-state index in [0.717, 1.165) is 22.0 Å². The summed E-state index contributed by atoms with van der Waals surface area (Å²) in [5.41, 5.74) is 3.58. The van der Waals surface area contributed by atoms with Crippen LogP contribution in [0, 0.1) is 5.82 Å². The summed E-state index contributed by atoms with van der Waals surface area (Å²) in [6.45, 7) is 0.663. The van der Waals surface area contributed by atoms with Crippen molar-refractivity contribution >= 4 is 16.8 Å². The predicted molar refractivity (Wildman–Crippen MR) is 124 cm³/mol. The smallest absolute Gasteiger partial charge is 0.278 e. The normalized spacial score (nSPS) is 11.2. The largest absolute Gasteiger partial charge is 0.350 e. The minimum absolute atomic E-state index is 0.193. The summed E-state index contributed by atoms with van der Waals surface area (Å²) in [7, 11) is 0. The number of aromatic nitrogens is 3. The first kappa shape index (κ1) is 20.6. The molecule has 5 rings (SSSR count). The standard InChI is InChI=1S/C26H21FN4O2/c27-20-12-10-18(11-13-20)14-28-24(32)17-31-26(33)22-16-30(15-19-6-2-1-3-7-19)23-9-5-4-8-21(23)25(22)29-31/h1-13,16H,14-15,17H2,(H,28,32). The van der Waals surface area contributed by atoms with Gasteiger partial charge in [0.15, 0.2) is 0 Å². The number of rotatable bonds is 6. The van der Waals surface area contributed by atoms with Crippen molar-refractivity contribution in [2.75, 3.05) is 0 Å². The number of amides is 1. The van der Waals surface area contributed by atoms with Crippen LogP contribution in [-0.4, -0.2) is 20.3 Å². The molecule has 0 saturated heterocycles. The van der Waals surface area contributed by atoms with Crippen molar-refractivity contribution in [2.45, 2.75) is 19.6 Å². The lowest BCUT2D eigenvalue weighted by atomic mass is 10.1. The number of halogens is 1. The van der Waals surface area contributed by atoms with E-state index in [2.05, 4.69) is 10.4 Å². The van der Waals surface area contributed by atoms with Crippen LogP contribution in [0.4, 0.5) is 4.39 Å². The van der Waals surface area contributed by atoms with Crippen LogP contribution in [-0.2, 0) is 24.4 Å². The highest BCUT2D eigenvalue weighted by atomic mass is 19.1. The number of nitrogens with zero attached hydrogens (tertiary/aromatic N) is 3. The molecule has 0 aromatic heterocycles. The number of benzene rings is 3. The molecule has 3 aromatic carbocycles. The minimum Gasteiger partial charge on any atom is -0.350 e. The van der Waals surface area contributed by atoms with E-state index in [1.165, 1.54) is 16.8 Å². The van der Waals surface area contributed by atoms with Gasteiger partial charge in [0.25, 0.3) is 5.56 Å². The average molecular weight is 440 g/mol. The molecule has 6 nitrogen and oxygen atoms in total. The molecule has 7 heteroatoms. The number of carbonyl (C=O) groups is 1. The number of carbonyl (C=O) groups excluding carboxylic acids is 1. The van der Waals surface area contributed by atoms with Gasteiger partial charge < -0.3 is 9.88 Å². The summed E-state index contributed by atoms with van der Waals surface area (Å²) >= 11 is 0. The van der Waals surface area contributed by atoms with E-state index in [0.29, 0.717) is 17.8 Å². The second-order valence-electron chi connectivity index (χ2n) is 7.89. The van der Waals surface area contributed by atoms with Gasteiger partial charge in [-0.25, -0.2) is 9.07 Å². The zero-order chi connectivity index (χ0) is 22.8. The monoisotopic (exact) mass is 440 g/mol. The van der Waals surface area contributed by atoms with Crippen molar-refractivity contribution in [3.05, 3.63) is 112 Å². The summed E-state index contributed by atoms with van der Waals surface area (Å²) in [6.07, 6.45) is 1.81. The molecule has 0 unspecified atom stereocenters. The second kappa shape index (κ2) is 8.70. The molecule has 0 bridgehead atoms. The minimum atomic E-state index is -0.342. The fourth-order valence-corrected chi connectivity index (χ4v) is 3.94. The first-order valence-electron chi connectivity index (χ1n) is 10.6.